The molecule has 0 aromatic carbocycles. The summed E-state index contributed by atoms with van der Waals surface area (Å²) in [6.45, 7) is 7.01. The molecule has 0 spiro atoms. The normalized spacial score (nSPS) is 14.3. The van der Waals surface area contributed by atoms with Crippen molar-refractivity contribution in [3.63, 3.8) is 0 Å². The van der Waals surface area contributed by atoms with Crippen molar-refractivity contribution in [2.45, 2.75) is 342 Å². The number of hydrogen-bond acceptors (Lipinski definition) is 15. The van der Waals surface area contributed by atoms with E-state index in [1.165, 1.54) is 122 Å². The summed E-state index contributed by atoms with van der Waals surface area (Å²) < 4.78 is 67.9. The highest BCUT2D eigenvalue weighted by Crippen LogP contribution is 2.45. The minimum absolute atomic E-state index is 0.100. The van der Waals surface area contributed by atoms with Crippen LogP contribution in [-0.4, -0.2) is 96.7 Å². The third-order valence-electron chi connectivity index (χ3n) is 15.2. The number of ether oxygens (including phenoxy) is 4. The molecule has 0 aliphatic heterocycles. The molecule has 87 heavy (non-hydrogen) atoms. The van der Waals surface area contributed by atoms with Gasteiger partial charge in [-0.05, 0) is 57.3 Å². The Bertz CT molecular complexity index is 1780. The molecule has 19 heteroatoms. The van der Waals surface area contributed by atoms with E-state index in [4.69, 9.17) is 37.0 Å². The van der Waals surface area contributed by atoms with Gasteiger partial charge in [-0.25, -0.2) is 9.13 Å². The molecule has 0 fully saturated rings. The van der Waals surface area contributed by atoms with E-state index < -0.39 is 97.5 Å². The Morgan fingerprint density at radius 1 is 0.356 bits per heavy atom. The van der Waals surface area contributed by atoms with Gasteiger partial charge in [0.05, 0.1) is 26.4 Å². The summed E-state index contributed by atoms with van der Waals surface area (Å²) in [4.78, 5) is 72.1. The van der Waals surface area contributed by atoms with E-state index in [9.17, 15) is 43.2 Å². The minimum atomic E-state index is -4.95. The van der Waals surface area contributed by atoms with E-state index in [-0.39, 0.29) is 25.7 Å². The quantitative estimate of drug-likeness (QED) is 0.0169. The first-order valence-electron chi connectivity index (χ1n) is 35.0. The van der Waals surface area contributed by atoms with Crippen molar-refractivity contribution in [1.82, 2.24) is 0 Å². The zero-order valence-electron chi connectivity index (χ0n) is 55.6. The largest absolute Gasteiger partial charge is 0.472 e. The highest BCUT2D eigenvalue weighted by atomic mass is 31.2. The molecule has 17 nitrogen and oxygen atoms in total. The topological polar surface area (TPSA) is 237 Å². The molecule has 0 amide bonds. The number of aliphatic hydroxyl groups excluding tert-OH is 1. The van der Waals surface area contributed by atoms with Gasteiger partial charge in [0, 0.05) is 25.7 Å². The number of aliphatic hydroxyl groups is 1. The summed E-state index contributed by atoms with van der Waals surface area (Å²) >= 11 is 0. The van der Waals surface area contributed by atoms with Crippen LogP contribution in [0.5, 0.6) is 0 Å². The molecule has 0 saturated heterocycles. The summed E-state index contributed by atoms with van der Waals surface area (Å²) in [5.74, 6) is -1.48. The van der Waals surface area contributed by atoms with Crippen LogP contribution in [0.4, 0.5) is 0 Å². The lowest BCUT2D eigenvalue weighted by atomic mass is 10.0. The van der Waals surface area contributed by atoms with Gasteiger partial charge in [-0.3, -0.25) is 37.3 Å². The second-order valence-electron chi connectivity index (χ2n) is 24.4. The number of esters is 4. The number of unbranched alkanes of at least 4 members (excludes halogenated alkanes) is 35. The second kappa shape index (κ2) is 61.1. The van der Waals surface area contributed by atoms with E-state index in [2.05, 4.69) is 58.9 Å². The zero-order chi connectivity index (χ0) is 64.2. The van der Waals surface area contributed by atoms with Gasteiger partial charge < -0.3 is 33.8 Å². The molecule has 0 bridgehead atoms. The molecule has 2 unspecified atom stereocenters. The predicted molar refractivity (Wildman–Crippen MR) is 349 cm³/mol. The molecule has 0 aliphatic rings. The Balaban J connectivity index is 5.20. The van der Waals surface area contributed by atoms with Crippen molar-refractivity contribution in [2.75, 3.05) is 39.6 Å². The first kappa shape index (κ1) is 84.5. The molecule has 0 radical (unpaired) electrons. The number of phosphoric ester groups is 2. The van der Waals surface area contributed by atoms with Crippen molar-refractivity contribution < 1.29 is 80.2 Å². The number of hydrogen-bond donors (Lipinski definition) is 3. The maximum absolute atomic E-state index is 13.0. The van der Waals surface area contributed by atoms with Crippen LogP contribution in [0.25, 0.3) is 0 Å². The van der Waals surface area contributed by atoms with Crippen LogP contribution in [-0.2, 0) is 65.4 Å². The van der Waals surface area contributed by atoms with Crippen molar-refractivity contribution in [3.8, 4) is 0 Å². The summed E-state index contributed by atoms with van der Waals surface area (Å²) in [6, 6.07) is 0. The van der Waals surface area contributed by atoms with E-state index >= 15 is 0 Å². The average Bonchev–Trinajstić information content (AvgIpc) is 3.65. The summed E-state index contributed by atoms with van der Waals surface area (Å²) in [5.41, 5.74) is 0. The molecule has 512 valence electrons. The van der Waals surface area contributed by atoms with Crippen molar-refractivity contribution in [2.24, 2.45) is 5.92 Å². The number of rotatable bonds is 66. The maximum atomic E-state index is 13.0. The Labute approximate surface area is 529 Å². The lowest BCUT2D eigenvalue weighted by Crippen LogP contribution is -2.30. The number of phosphoric acid groups is 2. The number of allylic oxidation sites excluding steroid dienone is 4. The van der Waals surface area contributed by atoms with Crippen molar-refractivity contribution in [1.29, 1.82) is 0 Å². The second-order valence-corrected chi connectivity index (χ2v) is 27.3. The highest BCUT2D eigenvalue weighted by molar-refractivity contribution is 7.47. The molecule has 0 aromatic heterocycles. The van der Waals surface area contributed by atoms with Crippen LogP contribution in [0.1, 0.15) is 324 Å². The maximum Gasteiger partial charge on any atom is 0.472 e. The van der Waals surface area contributed by atoms with Gasteiger partial charge in [-0.15, -0.1) is 0 Å². The Morgan fingerprint density at radius 3 is 0.943 bits per heavy atom. The SMILES string of the molecule is CCCCCC/C=C\C=C/CCCCCCCC(=O)OC[C@H](COP(=O)(O)OC[C@@H](O)COP(=O)(O)OC[C@@H](COC(=O)CCCCCCC)OC(=O)CCCCCCCCCC(C)C)OC(=O)CCCCCCCCCCCCCCCCCCC. The van der Waals surface area contributed by atoms with Crippen LogP contribution >= 0.6 is 15.6 Å². The minimum Gasteiger partial charge on any atom is -0.462 e. The van der Waals surface area contributed by atoms with Crippen molar-refractivity contribution in [3.05, 3.63) is 24.3 Å². The lowest BCUT2D eigenvalue weighted by molar-refractivity contribution is -0.161. The average molecular weight is 1280 g/mol. The van der Waals surface area contributed by atoms with Gasteiger partial charge >= 0.3 is 39.5 Å². The van der Waals surface area contributed by atoms with Gasteiger partial charge in [-0.2, -0.15) is 0 Å². The van der Waals surface area contributed by atoms with Gasteiger partial charge in [-0.1, -0.05) is 271 Å². The monoisotopic (exact) mass is 1280 g/mol. The van der Waals surface area contributed by atoms with Crippen LogP contribution in [0.2, 0.25) is 0 Å². The number of carbonyl (C=O) groups excluding carboxylic acids is 4. The molecule has 0 aliphatic carbocycles. The van der Waals surface area contributed by atoms with E-state index in [1.807, 2.05) is 0 Å². The fourth-order valence-corrected chi connectivity index (χ4v) is 11.3. The van der Waals surface area contributed by atoms with Crippen LogP contribution in [0.3, 0.4) is 0 Å². The molecule has 0 heterocycles. The smallest absolute Gasteiger partial charge is 0.462 e. The fourth-order valence-electron chi connectivity index (χ4n) is 9.75. The Kier molecular flexibility index (Phi) is 59.3. The Morgan fingerprint density at radius 2 is 0.621 bits per heavy atom. The molecule has 0 saturated carbocycles. The molecular weight excluding hydrogens is 1150 g/mol. The van der Waals surface area contributed by atoms with Crippen LogP contribution < -0.4 is 0 Å². The molecule has 5 atom stereocenters. The summed E-state index contributed by atoms with van der Waals surface area (Å²) in [6.07, 6.45) is 49.9. The van der Waals surface area contributed by atoms with Gasteiger partial charge in [0.1, 0.15) is 19.3 Å². The molecular formula is C68H128O17P2. The fraction of sp³-hybridized carbons (Fsp3) is 0.882. The van der Waals surface area contributed by atoms with Gasteiger partial charge in [0.2, 0.25) is 0 Å². The zero-order valence-corrected chi connectivity index (χ0v) is 57.4. The third kappa shape index (κ3) is 62.1. The van der Waals surface area contributed by atoms with Crippen molar-refractivity contribution >= 4 is 39.5 Å². The molecule has 3 N–H and O–H groups in total. The molecule has 0 rings (SSSR count). The first-order valence-corrected chi connectivity index (χ1v) is 37.9. The predicted octanol–water partition coefficient (Wildman–Crippen LogP) is 18.9. The van der Waals surface area contributed by atoms with Crippen LogP contribution in [0.15, 0.2) is 24.3 Å². The lowest BCUT2D eigenvalue weighted by Gasteiger charge is -2.21. The van der Waals surface area contributed by atoms with Gasteiger partial charge in [0.15, 0.2) is 12.2 Å². The van der Waals surface area contributed by atoms with Crippen LogP contribution in [0, 0.1) is 5.92 Å². The van der Waals surface area contributed by atoms with E-state index in [0.29, 0.717) is 31.6 Å². The van der Waals surface area contributed by atoms with E-state index in [0.717, 1.165) is 116 Å². The highest BCUT2D eigenvalue weighted by Gasteiger charge is 2.30. The Hall–Kier alpha value is -2.46. The standard InChI is InChI=1S/C68H128O17P2/c1-6-9-12-15-17-19-21-23-25-26-28-30-32-34-38-43-48-53-67(72)85-64(58-79-66(71)52-47-42-37-33-31-29-27-24-22-20-18-16-13-10-7-2)60-83-87(76,77)81-56-62(69)55-80-86(74,75)82-59-63(57-78-65(70)51-46-40-14-11-8-3)84-68(73)54-49-44-39-35-36-41-45-50-61(4)5/h20,22,24,27,61-64,69H,6-19,21,23,25-26,28-60H2,1-5H3,(H,74,75)(H,76,77)/b22-20-,27-24-/t62-,63+,64+/m0/s1. The summed E-state index contributed by atoms with van der Waals surface area (Å²) in [5, 5.41) is 10.5. The molecule has 0 aromatic rings. The van der Waals surface area contributed by atoms with E-state index in [1.54, 1.807) is 0 Å². The third-order valence-corrected chi connectivity index (χ3v) is 17.1. The number of carbonyl (C=O) groups is 4. The summed E-state index contributed by atoms with van der Waals surface area (Å²) in [7, 11) is -9.90. The first-order chi connectivity index (χ1) is 42.0. The van der Waals surface area contributed by atoms with Gasteiger partial charge in [0.25, 0.3) is 0 Å².